The van der Waals surface area contributed by atoms with Crippen LogP contribution >= 0.6 is 0 Å². The van der Waals surface area contributed by atoms with Gasteiger partial charge >= 0.3 is 5.97 Å². The Morgan fingerprint density at radius 3 is 1.53 bits per heavy atom. The molecule has 0 rings (SSSR count). The van der Waals surface area contributed by atoms with Gasteiger partial charge in [-0.25, -0.2) is 4.79 Å². The molecule has 0 aliphatic rings. The van der Waals surface area contributed by atoms with Crippen molar-refractivity contribution in [2.45, 2.75) is 13.8 Å². The number of aliphatic hydroxyl groups excluding tert-OH is 3. The molecule has 0 aromatic rings. The van der Waals surface area contributed by atoms with Crippen molar-refractivity contribution in [1.29, 1.82) is 0 Å². The molecule has 0 radical (unpaired) electrons. The molecular formula is C11H23NO5. The second kappa shape index (κ2) is 13.1. The van der Waals surface area contributed by atoms with Gasteiger partial charge in [0, 0.05) is 25.2 Å². The highest BCUT2D eigenvalue weighted by Gasteiger charge is 2.00. The van der Waals surface area contributed by atoms with Crippen molar-refractivity contribution in [2.75, 3.05) is 39.5 Å². The summed E-state index contributed by atoms with van der Waals surface area (Å²) in [5.74, 6) is -0.845. The first-order chi connectivity index (χ1) is 8.03. The number of allylic oxidation sites excluding steroid dienone is 1. The summed E-state index contributed by atoms with van der Waals surface area (Å²) in [7, 11) is 0. The average Bonchev–Trinajstić information content (AvgIpc) is 2.30. The summed E-state index contributed by atoms with van der Waals surface area (Å²) in [5, 5.41) is 33.6. The Morgan fingerprint density at radius 1 is 1.06 bits per heavy atom. The standard InChI is InChI=1S/C6H15NO3.C5H8O2/c8-4-1-7(2-5-9)3-6-10;1-3-4(2)5(6)7/h8-10H,1-6H2;3H,1-2H3,(H,6,7). The van der Waals surface area contributed by atoms with Gasteiger partial charge in [-0.1, -0.05) is 6.08 Å². The Hall–Kier alpha value is -0.950. The van der Waals surface area contributed by atoms with E-state index in [0.29, 0.717) is 25.2 Å². The molecule has 4 N–H and O–H groups in total. The molecule has 0 spiro atoms. The second-order valence-corrected chi connectivity index (χ2v) is 3.29. The number of nitrogens with zero attached hydrogens (tertiary/aromatic N) is 1. The van der Waals surface area contributed by atoms with Crippen LogP contribution in [0.5, 0.6) is 0 Å². The summed E-state index contributed by atoms with van der Waals surface area (Å²) in [6.45, 7) is 5.01. The largest absolute Gasteiger partial charge is 0.478 e. The van der Waals surface area contributed by atoms with E-state index in [1.54, 1.807) is 24.8 Å². The fourth-order valence-corrected chi connectivity index (χ4v) is 0.883. The van der Waals surface area contributed by atoms with E-state index in [0.717, 1.165) is 0 Å². The summed E-state index contributed by atoms with van der Waals surface area (Å²) in [6, 6.07) is 0. The van der Waals surface area contributed by atoms with E-state index in [-0.39, 0.29) is 19.8 Å². The molecule has 17 heavy (non-hydrogen) atoms. The lowest BCUT2D eigenvalue weighted by molar-refractivity contribution is -0.132. The third-order valence-electron chi connectivity index (χ3n) is 2.02. The Bertz CT molecular complexity index is 204. The summed E-state index contributed by atoms with van der Waals surface area (Å²) in [6.07, 6.45) is 1.56. The molecule has 0 bridgehead atoms. The van der Waals surface area contributed by atoms with E-state index in [9.17, 15) is 4.79 Å². The number of carboxylic acids is 1. The lowest BCUT2D eigenvalue weighted by atomic mass is 10.3. The van der Waals surface area contributed by atoms with Crippen molar-refractivity contribution in [3.63, 3.8) is 0 Å². The van der Waals surface area contributed by atoms with Crippen LogP contribution in [0.4, 0.5) is 0 Å². The second-order valence-electron chi connectivity index (χ2n) is 3.29. The first-order valence-corrected chi connectivity index (χ1v) is 5.44. The van der Waals surface area contributed by atoms with Crippen LogP contribution in [0.1, 0.15) is 13.8 Å². The van der Waals surface area contributed by atoms with Gasteiger partial charge in [-0.3, -0.25) is 4.90 Å². The van der Waals surface area contributed by atoms with Crippen molar-refractivity contribution in [2.24, 2.45) is 0 Å². The Morgan fingerprint density at radius 2 is 1.41 bits per heavy atom. The molecule has 0 saturated heterocycles. The van der Waals surface area contributed by atoms with Gasteiger partial charge in [0.15, 0.2) is 0 Å². The summed E-state index contributed by atoms with van der Waals surface area (Å²) in [5.41, 5.74) is 0.389. The molecule has 0 amide bonds. The van der Waals surface area contributed by atoms with Gasteiger partial charge in [-0.05, 0) is 13.8 Å². The van der Waals surface area contributed by atoms with Gasteiger partial charge < -0.3 is 20.4 Å². The third-order valence-corrected chi connectivity index (χ3v) is 2.02. The molecule has 0 fully saturated rings. The molecular weight excluding hydrogens is 226 g/mol. The van der Waals surface area contributed by atoms with Crippen LogP contribution in [0.2, 0.25) is 0 Å². The molecule has 0 atom stereocenters. The van der Waals surface area contributed by atoms with E-state index in [2.05, 4.69) is 0 Å². The highest BCUT2D eigenvalue weighted by atomic mass is 16.4. The minimum absolute atomic E-state index is 0.0694. The van der Waals surface area contributed by atoms with E-state index in [4.69, 9.17) is 20.4 Å². The van der Waals surface area contributed by atoms with Gasteiger partial charge in [0.2, 0.25) is 0 Å². The predicted molar refractivity (Wildman–Crippen MR) is 64.8 cm³/mol. The molecule has 6 heteroatoms. The van der Waals surface area contributed by atoms with Crippen LogP contribution in [0.25, 0.3) is 0 Å². The van der Waals surface area contributed by atoms with Gasteiger partial charge in [-0.15, -0.1) is 0 Å². The Balaban J connectivity index is 0. The van der Waals surface area contributed by atoms with E-state index in [1.165, 1.54) is 0 Å². The maximum absolute atomic E-state index is 9.86. The van der Waals surface area contributed by atoms with Crippen LogP contribution in [0.15, 0.2) is 11.6 Å². The SMILES string of the molecule is CC=C(C)C(=O)O.OCCN(CCO)CCO. The molecule has 102 valence electrons. The first kappa shape index (κ1) is 18.4. The van der Waals surface area contributed by atoms with Crippen LogP contribution < -0.4 is 0 Å². The minimum atomic E-state index is -0.845. The molecule has 0 unspecified atom stereocenters. The van der Waals surface area contributed by atoms with Gasteiger partial charge in [0.05, 0.1) is 19.8 Å². The van der Waals surface area contributed by atoms with E-state index >= 15 is 0 Å². The molecule has 0 aromatic carbocycles. The molecule has 0 aliphatic heterocycles. The summed E-state index contributed by atoms with van der Waals surface area (Å²) < 4.78 is 0. The molecule has 6 nitrogen and oxygen atoms in total. The molecule has 0 aliphatic carbocycles. The monoisotopic (exact) mass is 249 g/mol. The maximum Gasteiger partial charge on any atom is 0.330 e. The summed E-state index contributed by atoms with van der Waals surface area (Å²) in [4.78, 5) is 11.7. The Kier molecular flexibility index (Phi) is 14.2. The first-order valence-electron chi connectivity index (χ1n) is 5.44. The molecule has 0 aromatic heterocycles. The van der Waals surface area contributed by atoms with E-state index < -0.39 is 5.97 Å². The quantitative estimate of drug-likeness (QED) is 0.445. The fraction of sp³-hybridized carbons (Fsp3) is 0.727. The van der Waals surface area contributed by atoms with Gasteiger partial charge in [-0.2, -0.15) is 0 Å². The number of aliphatic hydroxyl groups is 3. The summed E-state index contributed by atoms with van der Waals surface area (Å²) >= 11 is 0. The maximum atomic E-state index is 9.86. The van der Waals surface area contributed by atoms with Crippen molar-refractivity contribution in [1.82, 2.24) is 4.90 Å². The molecule has 0 heterocycles. The van der Waals surface area contributed by atoms with Gasteiger partial charge in [0.25, 0.3) is 0 Å². The fourth-order valence-electron chi connectivity index (χ4n) is 0.883. The van der Waals surface area contributed by atoms with Crippen molar-refractivity contribution < 1.29 is 25.2 Å². The normalized spacial score (nSPS) is 11.1. The highest BCUT2D eigenvalue weighted by Crippen LogP contribution is 1.87. The molecule has 0 saturated carbocycles. The van der Waals surface area contributed by atoms with E-state index in [1.807, 2.05) is 0 Å². The number of hydrogen-bond donors (Lipinski definition) is 4. The third kappa shape index (κ3) is 13.0. The number of rotatable bonds is 7. The van der Waals surface area contributed by atoms with Crippen LogP contribution in [-0.2, 0) is 4.79 Å². The zero-order valence-electron chi connectivity index (χ0n) is 10.5. The number of hydrogen-bond acceptors (Lipinski definition) is 5. The number of carboxylic acid groups (broad SMARTS) is 1. The smallest absolute Gasteiger partial charge is 0.330 e. The van der Waals surface area contributed by atoms with Crippen LogP contribution in [0.3, 0.4) is 0 Å². The Labute approximate surface area is 102 Å². The van der Waals surface area contributed by atoms with Gasteiger partial charge in [0.1, 0.15) is 0 Å². The van der Waals surface area contributed by atoms with Crippen molar-refractivity contribution >= 4 is 5.97 Å². The average molecular weight is 249 g/mol. The minimum Gasteiger partial charge on any atom is -0.478 e. The number of aliphatic carboxylic acids is 1. The predicted octanol–water partition coefficient (Wildman–Crippen LogP) is -0.697. The number of carbonyl (C=O) groups is 1. The zero-order valence-corrected chi connectivity index (χ0v) is 10.5. The lowest BCUT2D eigenvalue weighted by Crippen LogP contribution is -2.32. The van der Waals surface area contributed by atoms with Crippen LogP contribution in [-0.4, -0.2) is 70.8 Å². The van der Waals surface area contributed by atoms with Crippen molar-refractivity contribution in [3.8, 4) is 0 Å². The van der Waals surface area contributed by atoms with Crippen LogP contribution in [0, 0.1) is 0 Å². The zero-order chi connectivity index (χ0) is 13.7. The topological polar surface area (TPSA) is 101 Å². The highest BCUT2D eigenvalue weighted by molar-refractivity contribution is 5.85. The van der Waals surface area contributed by atoms with Crippen molar-refractivity contribution in [3.05, 3.63) is 11.6 Å². The lowest BCUT2D eigenvalue weighted by Gasteiger charge is -2.17.